The zero-order valence-corrected chi connectivity index (χ0v) is 10.2. The van der Waals surface area contributed by atoms with Gasteiger partial charge in [0.1, 0.15) is 0 Å². The molecule has 0 radical (unpaired) electrons. The fourth-order valence-corrected chi connectivity index (χ4v) is 1.69. The second-order valence-electron chi connectivity index (χ2n) is 3.88. The molecule has 0 saturated carbocycles. The van der Waals surface area contributed by atoms with Crippen LogP contribution in [0.3, 0.4) is 0 Å². The van der Waals surface area contributed by atoms with Crippen molar-refractivity contribution in [3.05, 3.63) is 29.8 Å². The van der Waals surface area contributed by atoms with E-state index in [1.807, 2.05) is 19.9 Å². The first-order valence-corrected chi connectivity index (χ1v) is 6.54. The highest BCUT2D eigenvalue weighted by molar-refractivity contribution is 7.90. The molecule has 0 aliphatic carbocycles. The molecule has 0 unspecified atom stereocenters. The Labute approximate surface area is 96.2 Å². The molecule has 0 aliphatic heterocycles. The number of hydrogen-bond acceptors (Lipinski definition) is 3. The van der Waals surface area contributed by atoms with Crippen molar-refractivity contribution in [2.24, 2.45) is 5.14 Å². The van der Waals surface area contributed by atoms with Crippen LogP contribution in [-0.2, 0) is 16.8 Å². The maximum Gasteiger partial charge on any atom is 0.296 e. The van der Waals surface area contributed by atoms with Crippen LogP contribution >= 0.6 is 0 Å². The van der Waals surface area contributed by atoms with E-state index < -0.39 is 10.2 Å². The lowest BCUT2D eigenvalue weighted by Gasteiger charge is -2.09. The van der Waals surface area contributed by atoms with E-state index >= 15 is 0 Å². The van der Waals surface area contributed by atoms with Gasteiger partial charge in [-0.25, -0.2) is 5.14 Å². The van der Waals surface area contributed by atoms with Crippen molar-refractivity contribution >= 4 is 15.9 Å². The summed E-state index contributed by atoms with van der Waals surface area (Å²) in [5, 5.41) is 8.13. The summed E-state index contributed by atoms with van der Waals surface area (Å²) in [5.41, 5.74) is 1.48. The van der Waals surface area contributed by atoms with E-state index in [-0.39, 0.29) is 0 Å². The molecule has 0 bridgehead atoms. The van der Waals surface area contributed by atoms with Crippen molar-refractivity contribution in [3.8, 4) is 0 Å². The first-order chi connectivity index (χ1) is 7.37. The van der Waals surface area contributed by atoms with Gasteiger partial charge in [0.05, 0.1) is 5.69 Å². The highest BCUT2D eigenvalue weighted by Gasteiger charge is 2.02. The van der Waals surface area contributed by atoms with Crippen molar-refractivity contribution in [1.82, 2.24) is 5.32 Å². The summed E-state index contributed by atoms with van der Waals surface area (Å²) in [6.45, 7) is 4.79. The van der Waals surface area contributed by atoms with Gasteiger partial charge < -0.3 is 5.32 Å². The molecule has 4 N–H and O–H groups in total. The van der Waals surface area contributed by atoms with Crippen LogP contribution in [0.4, 0.5) is 5.69 Å². The van der Waals surface area contributed by atoms with E-state index in [1.54, 1.807) is 18.2 Å². The Morgan fingerprint density at radius 2 is 2.06 bits per heavy atom. The fraction of sp³-hybridized carbons (Fsp3) is 0.400. The Morgan fingerprint density at radius 3 is 2.62 bits per heavy atom. The van der Waals surface area contributed by atoms with Crippen molar-refractivity contribution in [3.63, 3.8) is 0 Å². The molecule has 0 aromatic heterocycles. The minimum Gasteiger partial charge on any atom is -0.310 e. The van der Waals surface area contributed by atoms with Gasteiger partial charge >= 0.3 is 0 Å². The van der Waals surface area contributed by atoms with Gasteiger partial charge in [0.15, 0.2) is 0 Å². The van der Waals surface area contributed by atoms with Gasteiger partial charge in [0.25, 0.3) is 10.2 Å². The van der Waals surface area contributed by atoms with Crippen LogP contribution in [0, 0.1) is 0 Å². The minimum absolute atomic E-state index is 0.384. The van der Waals surface area contributed by atoms with E-state index in [1.165, 1.54) is 0 Å². The van der Waals surface area contributed by atoms with Crippen molar-refractivity contribution in [1.29, 1.82) is 0 Å². The van der Waals surface area contributed by atoms with E-state index in [0.29, 0.717) is 18.3 Å². The molecule has 0 spiro atoms. The molecule has 1 rings (SSSR count). The SMILES string of the molecule is CC(C)NCc1cccc(NS(N)(=O)=O)c1. The van der Waals surface area contributed by atoms with E-state index in [4.69, 9.17) is 5.14 Å². The number of nitrogens with one attached hydrogen (secondary N) is 2. The zero-order valence-electron chi connectivity index (χ0n) is 9.40. The van der Waals surface area contributed by atoms with Crippen LogP contribution < -0.4 is 15.2 Å². The molecule has 0 amide bonds. The lowest BCUT2D eigenvalue weighted by Crippen LogP contribution is -2.23. The third kappa shape index (κ3) is 5.11. The Kier molecular flexibility index (Phi) is 4.28. The Balaban J connectivity index is 2.71. The summed E-state index contributed by atoms with van der Waals surface area (Å²) >= 11 is 0. The Bertz CT molecular complexity index is 443. The molecule has 1 aromatic rings. The molecule has 0 fully saturated rings. The third-order valence-corrected chi connectivity index (χ3v) is 2.42. The highest BCUT2D eigenvalue weighted by atomic mass is 32.2. The van der Waals surface area contributed by atoms with Gasteiger partial charge in [-0.15, -0.1) is 0 Å². The second-order valence-corrected chi connectivity index (χ2v) is 5.18. The van der Waals surface area contributed by atoms with Gasteiger partial charge in [-0.2, -0.15) is 8.42 Å². The van der Waals surface area contributed by atoms with Crippen molar-refractivity contribution in [2.75, 3.05) is 4.72 Å². The number of nitrogens with two attached hydrogens (primary N) is 1. The normalized spacial score (nSPS) is 11.8. The lowest BCUT2D eigenvalue weighted by molar-refractivity contribution is 0.589. The van der Waals surface area contributed by atoms with Gasteiger partial charge in [0.2, 0.25) is 0 Å². The summed E-state index contributed by atoms with van der Waals surface area (Å²) in [5.74, 6) is 0. The number of hydrogen-bond donors (Lipinski definition) is 3. The van der Waals surface area contributed by atoms with Crippen molar-refractivity contribution in [2.45, 2.75) is 26.4 Å². The molecule has 16 heavy (non-hydrogen) atoms. The van der Waals surface area contributed by atoms with Crippen LogP contribution in [0.15, 0.2) is 24.3 Å². The van der Waals surface area contributed by atoms with Gasteiger partial charge in [-0.3, -0.25) is 4.72 Å². The van der Waals surface area contributed by atoms with Crippen LogP contribution in [0.25, 0.3) is 0 Å². The van der Waals surface area contributed by atoms with E-state index in [0.717, 1.165) is 5.56 Å². The quantitative estimate of drug-likeness (QED) is 0.715. The van der Waals surface area contributed by atoms with Gasteiger partial charge in [-0.1, -0.05) is 26.0 Å². The monoisotopic (exact) mass is 243 g/mol. The highest BCUT2D eigenvalue weighted by Crippen LogP contribution is 2.11. The van der Waals surface area contributed by atoms with Crippen LogP contribution in [-0.4, -0.2) is 14.5 Å². The summed E-state index contributed by atoms with van der Waals surface area (Å²) in [4.78, 5) is 0. The number of anilines is 1. The predicted molar refractivity (Wildman–Crippen MR) is 65.1 cm³/mol. The fourth-order valence-electron chi connectivity index (χ4n) is 1.23. The Morgan fingerprint density at radius 1 is 1.38 bits per heavy atom. The van der Waals surface area contributed by atoms with Crippen LogP contribution in [0.2, 0.25) is 0 Å². The second kappa shape index (κ2) is 5.29. The maximum atomic E-state index is 10.8. The molecule has 90 valence electrons. The maximum absolute atomic E-state index is 10.8. The van der Waals surface area contributed by atoms with Crippen LogP contribution in [0.1, 0.15) is 19.4 Å². The minimum atomic E-state index is -3.70. The zero-order chi connectivity index (χ0) is 12.2. The summed E-state index contributed by atoms with van der Waals surface area (Å²) in [6, 6.07) is 7.49. The molecule has 6 heteroatoms. The van der Waals surface area contributed by atoms with E-state index in [9.17, 15) is 8.42 Å². The molecule has 5 nitrogen and oxygen atoms in total. The van der Waals surface area contributed by atoms with Crippen molar-refractivity contribution < 1.29 is 8.42 Å². The molecule has 0 aliphatic rings. The standard InChI is InChI=1S/C10H17N3O2S/c1-8(2)12-7-9-4-3-5-10(6-9)13-16(11,14)15/h3-6,8,12-13H,7H2,1-2H3,(H2,11,14,15). The molecule has 1 aromatic carbocycles. The van der Waals surface area contributed by atoms with E-state index in [2.05, 4.69) is 10.0 Å². The van der Waals surface area contributed by atoms with Gasteiger partial charge in [0, 0.05) is 12.6 Å². The summed E-state index contributed by atoms with van der Waals surface area (Å²) < 4.78 is 23.9. The average Bonchev–Trinajstić information content (AvgIpc) is 2.12. The summed E-state index contributed by atoms with van der Waals surface area (Å²) in [7, 11) is -3.70. The molecular weight excluding hydrogens is 226 g/mol. The topological polar surface area (TPSA) is 84.2 Å². The smallest absolute Gasteiger partial charge is 0.296 e. The molecule has 0 saturated heterocycles. The summed E-state index contributed by atoms with van der Waals surface area (Å²) in [6.07, 6.45) is 0. The lowest BCUT2D eigenvalue weighted by atomic mass is 10.2. The number of benzene rings is 1. The van der Waals surface area contributed by atoms with Crippen LogP contribution in [0.5, 0.6) is 0 Å². The van der Waals surface area contributed by atoms with Gasteiger partial charge in [-0.05, 0) is 17.7 Å². The predicted octanol–water partition coefficient (Wildman–Crippen LogP) is 0.800. The molecular formula is C10H17N3O2S. The number of rotatable bonds is 5. The average molecular weight is 243 g/mol. The largest absolute Gasteiger partial charge is 0.310 e. The molecule has 0 heterocycles. The first-order valence-electron chi connectivity index (χ1n) is 5.00. The third-order valence-electron chi connectivity index (χ3n) is 1.90. The molecule has 0 atom stereocenters. The first kappa shape index (κ1) is 13.0. The Hall–Kier alpha value is -1.11.